The molecule has 1 aromatic heterocycles. The van der Waals surface area contributed by atoms with Crippen molar-refractivity contribution < 1.29 is 14.3 Å². The van der Waals surface area contributed by atoms with Gasteiger partial charge in [-0.2, -0.15) is 0 Å². The van der Waals surface area contributed by atoms with Crippen molar-refractivity contribution in [1.29, 1.82) is 0 Å². The zero-order valence-corrected chi connectivity index (χ0v) is 10.8. The molecule has 0 aliphatic heterocycles. The first kappa shape index (κ1) is 13.4. The lowest BCUT2D eigenvalue weighted by molar-refractivity contribution is -0.144. The van der Waals surface area contributed by atoms with Crippen LogP contribution < -0.4 is 0 Å². The van der Waals surface area contributed by atoms with Crippen LogP contribution in [0, 0.1) is 6.92 Å². The summed E-state index contributed by atoms with van der Waals surface area (Å²) in [6, 6.07) is 0. The van der Waals surface area contributed by atoms with Gasteiger partial charge in [-0.25, -0.2) is 4.98 Å². The highest BCUT2D eigenvalue weighted by Gasteiger charge is 2.10. The molecular weight excluding hydrogens is 240 g/mol. The van der Waals surface area contributed by atoms with E-state index >= 15 is 0 Å². The average molecular weight is 254 g/mol. The topological polar surface area (TPSA) is 59.5 Å². The number of rotatable bonds is 4. The molecule has 1 amide bonds. The van der Waals surface area contributed by atoms with Gasteiger partial charge in [0.1, 0.15) is 6.54 Å². The Morgan fingerprint density at radius 1 is 1.59 bits per heavy atom. The number of aryl methyl sites for hydroxylation is 1. The average Bonchev–Trinajstić information content (AvgIpc) is 2.71. The van der Waals surface area contributed by atoms with Gasteiger partial charge in [0.25, 0.3) is 0 Å². The summed E-state index contributed by atoms with van der Waals surface area (Å²) in [7, 11) is 2.82. The third-order valence-electron chi connectivity index (χ3n) is 2.00. The fraction of sp³-hybridized carbons (Fsp3) is 0.364. The van der Waals surface area contributed by atoms with Crippen LogP contribution in [0.5, 0.6) is 0 Å². The van der Waals surface area contributed by atoms with Crippen LogP contribution in [0.25, 0.3) is 6.08 Å². The zero-order valence-electron chi connectivity index (χ0n) is 9.97. The molecule has 17 heavy (non-hydrogen) atoms. The van der Waals surface area contributed by atoms with E-state index in [-0.39, 0.29) is 12.5 Å². The smallest absolute Gasteiger partial charge is 0.325 e. The number of aromatic nitrogens is 1. The van der Waals surface area contributed by atoms with Crippen molar-refractivity contribution in [3.05, 3.63) is 22.2 Å². The van der Waals surface area contributed by atoms with Crippen molar-refractivity contribution in [1.82, 2.24) is 9.88 Å². The molecule has 5 nitrogen and oxygen atoms in total. The van der Waals surface area contributed by atoms with E-state index in [0.717, 1.165) is 10.7 Å². The summed E-state index contributed by atoms with van der Waals surface area (Å²) >= 11 is 1.52. The molecule has 0 atom stereocenters. The Morgan fingerprint density at radius 3 is 2.82 bits per heavy atom. The van der Waals surface area contributed by atoms with E-state index < -0.39 is 5.97 Å². The van der Waals surface area contributed by atoms with Crippen molar-refractivity contribution in [2.24, 2.45) is 0 Å². The van der Waals surface area contributed by atoms with E-state index in [4.69, 9.17) is 0 Å². The number of hydrogen-bond acceptors (Lipinski definition) is 5. The first-order valence-corrected chi connectivity index (χ1v) is 5.83. The molecular formula is C11H14N2O3S. The van der Waals surface area contributed by atoms with Gasteiger partial charge >= 0.3 is 5.97 Å². The van der Waals surface area contributed by atoms with Crippen LogP contribution in [-0.4, -0.2) is 42.5 Å². The van der Waals surface area contributed by atoms with Gasteiger partial charge in [-0.1, -0.05) is 0 Å². The second kappa shape index (κ2) is 6.15. The van der Waals surface area contributed by atoms with Crippen LogP contribution >= 0.6 is 11.3 Å². The highest BCUT2D eigenvalue weighted by atomic mass is 32.1. The van der Waals surface area contributed by atoms with Crippen molar-refractivity contribution in [2.75, 3.05) is 20.7 Å². The summed E-state index contributed by atoms with van der Waals surface area (Å²) in [5.41, 5.74) is 0.743. The molecule has 0 aliphatic carbocycles. The first-order chi connectivity index (χ1) is 8.02. The Hall–Kier alpha value is -1.69. The van der Waals surface area contributed by atoms with E-state index in [2.05, 4.69) is 9.72 Å². The normalized spacial score (nSPS) is 10.5. The Labute approximate surface area is 104 Å². The summed E-state index contributed by atoms with van der Waals surface area (Å²) in [6.07, 6.45) is 3.01. The highest BCUT2D eigenvalue weighted by Crippen LogP contribution is 2.09. The van der Waals surface area contributed by atoms with E-state index in [0.29, 0.717) is 0 Å². The second-order valence-electron chi connectivity index (χ2n) is 3.40. The number of nitrogens with zero attached hydrogens (tertiary/aromatic N) is 2. The lowest BCUT2D eigenvalue weighted by Crippen LogP contribution is -2.31. The van der Waals surface area contributed by atoms with Crippen molar-refractivity contribution in [3.63, 3.8) is 0 Å². The van der Waals surface area contributed by atoms with Crippen molar-refractivity contribution in [3.8, 4) is 0 Å². The summed E-state index contributed by atoms with van der Waals surface area (Å²) < 4.78 is 4.47. The summed E-state index contributed by atoms with van der Waals surface area (Å²) in [5, 5.41) is 2.80. The number of carbonyl (C=O) groups is 2. The monoisotopic (exact) mass is 254 g/mol. The minimum absolute atomic E-state index is 0.0598. The molecule has 0 saturated carbocycles. The quantitative estimate of drug-likeness (QED) is 0.596. The third kappa shape index (κ3) is 4.36. The van der Waals surface area contributed by atoms with E-state index in [1.807, 2.05) is 12.3 Å². The Kier molecular flexibility index (Phi) is 4.84. The molecule has 0 fully saturated rings. The lowest BCUT2D eigenvalue weighted by atomic mass is 10.4. The van der Waals surface area contributed by atoms with Gasteiger partial charge in [-0.15, -0.1) is 11.3 Å². The van der Waals surface area contributed by atoms with Crippen molar-refractivity contribution >= 4 is 29.3 Å². The van der Waals surface area contributed by atoms with Crippen LogP contribution in [0.1, 0.15) is 10.7 Å². The fourth-order valence-electron chi connectivity index (χ4n) is 1.08. The second-order valence-corrected chi connectivity index (χ2v) is 4.46. The van der Waals surface area contributed by atoms with Gasteiger partial charge in [-0.3, -0.25) is 9.59 Å². The molecule has 1 aromatic rings. The van der Waals surface area contributed by atoms with Gasteiger partial charge < -0.3 is 9.64 Å². The predicted octanol–water partition coefficient (Wildman–Crippen LogP) is 1.10. The number of ether oxygens (including phenoxy) is 1. The minimum Gasteiger partial charge on any atom is -0.468 e. The van der Waals surface area contributed by atoms with E-state index in [9.17, 15) is 9.59 Å². The Bertz CT molecular complexity index is 440. The van der Waals surface area contributed by atoms with Crippen LogP contribution in [-0.2, 0) is 14.3 Å². The lowest BCUT2D eigenvalue weighted by Gasteiger charge is -2.12. The SMILES string of the molecule is COC(=O)CN(C)C(=O)/C=C/c1csc(C)n1. The molecule has 0 radical (unpaired) electrons. The van der Waals surface area contributed by atoms with Gasteiger partial charge in [0.05, 0.1) is 17.8 Å². The molecule has 1 heterocycles. The molecule has 1 rings (SSSR count). The molecule has 0 unspecified atom stereocenters. The number of amides is 1. The third-order valence-corrected chi connectivity index (χ3v) is 2.80. The molecule has 0 bridgehead atoms. The molecule has 92 valence electrons. The van der Waals surface area contributed by atoms with Crippen LogP contribution in [0.3, 0.4) is 0 Å². The van der Waals surface area contributed by atoms with E-state index in [1.54, 1.807) is 6.08 Å². The number of carbonyl (C=O) groups excluding carboxylic acids is 2. The summed E-state index contributed by atoms with van der Waals surface area (Å²) in [6.45, 7) is 1.84. The molecule has 0 aromatic carbocycles. The minimum atomic E-state index is -0.446. The molecule has 0 N–H and O–H groups in total. The summed E-state index contributed by atoms with van der Waals surface area (Å²) in [4.78, 5) is 28.0. The molecule has 0 aliphatic rings. The van der Waals surface area contributed by atoms with Crippen LogP contribution in [0.15, 0.2) is 11.5 Å². The molecule has 0 spiro atoms. The standard InChI is InChI=1S/C11H14N2O3S/c1-8-12-9(7-17-8)4-5-10(14)13(2)6-11(15)16-3/h4-5,7H,6H2,1-3H3/b5-4+. The Balaban J connectivity index is 2.54. The maximum absolute atomic E-state index is 11.6. The maximum atomic E-state index is 11.6. The van der Waals surface area contributed by atoms with Gasteiger partial charge in [0.15, 0.2) is 0 Å². The number of methoxy groups -OCH3 is 1. The predicted molar refractivity (Wildman–Crippen MR) is 65.5 cm³/mol. The number of esters is 1. The number of likely N-dealkylation sites (N-methyl/N-ethyl adjacent to an activating group) is 1. The van der Waals surface area contributed by atoms with Gasteiger partial charge in [0.2, 0.25) is 5.91 Å². The number of hydrogen-bond donors (Lipinski definition) is 0. The first-order valence-electron chi connectivity index (χ1n) is 4.95. The van der Waals surface area contributed by atoms with E-state index in [1.165, 1.54) is 36.5 Å². The highest BCUT2D eigenvalue weighted by molar-refractivity contribution is 7.09. The molecule has 6 heteroatoms. The fourth-order valence-corrected chi connectivity index (χ4v) is 1.66. The van der Waals surface area contributed by atoms with Gasteiger partial charge in [-0.05, 0) is 13.0 Å². The van der Waals surface area contributed by atoms with Gasteiger partial charge in [0, 0.05) is 18.5 Å². The van der Waals surface area contributed by atoms with Crippen LogP contribution in [0.4, 0.5) is 0 Å². The molecule has 0 saturated heterocycles. The number of thiazole rings is 1. The summed E-state index contributed by atoms with van der Waals surface area (Å²) in [5.74, 6) is -0.709. The maximum Gasteiger partial charge on any atom is 0.325 e. The zero-order chi connectivity index (χ0) is 12.8. The van der Waals surface area contributed by atoms with Crippen LogP contribution in [0.2, 0.25) is 0 Å². The largest absolute Gasteiger partial charge is 0.468 e. The Morgan fingerprint density at radius 2 is 2.29 bits per heavy atom. The van der Waals surface area contributed by atoms with Crippen molar-refractivity contribution in [2.45, 2.75) is 6.92 Å².